The van der Waals surface area contributed by atoms with Crippen molar-refractivity contribution >= 4 is 56.0 Å². The van der Waals surface area contributed by atoms with Gasteiger partial charge in [0, 0.05) is 10.2 Å². The third kappa shape index (κ3) is 8.79. The van der Waals surface area contributed by atoms with Gasteiger partial charge < -0.3 is 34.3 Å². The minimum atomic E-state index is -0.779. The van der Waals surface area contributed by atoms with Crippen molar-refractivity contribution in [3.05, 3.63) is 91.5 Å². The molecule has 3 aromatic carbocycles. The minimum Gasteiger partial charge on any atom is -0.493 e. The average molecular weight is 760 g/mol. The Morgan fingerprint density at radius 3 is 2.41 bits per heavy atom. The number of esters is 1. The van der Waals surface area contributed by atoms with E-state index in [-0.39, 0.29) is 24.5 Å². The van der Waals surface area contributed by atoms with Crippen LogP contribution in [-0.4, -0.2) is 51.6 Å². The Labute approximate surface area is 282 Å². The Morgan fingerprint density at radius 1 is 0.978 bits per heavy atom. The van der Waals surface area contributed by atoms with E-state index in [1.54, 1.807) is 44.2 Å². The Morgan fingerprint density at radius 2 is 1.72 bits per heavy atom. The van der Waals surface area contributed by atoms with E-state index in [0.717, 1.165) is 10.0 Å². The molecule has 0 saturated heterocycles. The summed E-state index contributed by atoms with van der Waals surface area (Å²) in [6, 6.07) is 14.9. The van der Waals surface area contributed by atoms with Gasteiger partial charge in [-0.05, 0) is 82.9 Å². The lowest BCUT2D eigenvalue weighted by molar-refractivity contribution is -0.139. The molecular weight excluding hydrogens is 728 g/mol. The van der Waals surface area contributed by atoms with E-state index in [9.17, 15) is 14.4 Å². The second-order valence-electron chi connectivity index (χ2n) is 9.73. The first-order valence-electron chi connectivity index (χ1n) is 14.0. The number of ether oxygens (including phenoxy) is 5. The fourth-order valence-electron chi connectivity index (χ4n) is 4.45. The highest BCUT2D eigenvalue weighted by Crippen LogP contribution is 2.37. The number of nitrogens with one attached hydrogen (secondary N) is 3. The summed E-state index contributed by atoms with van der Waals surface area (Å²) in [5.41, 5.74) is 5.27. The van der Waals surface area contributed by atoms with Gasteiger partial charge in [0.25, 0.3) is 5.91 Å². The van der Waals surface area contributed by atoms with Crippen LogP contribution < -0.4 is 35.0 Å². The molecule has 46 heavy (non-hydrogen) atoms. The van der Waals surface area contributed by atoms with Crippen LogP contribution >= 0.6 is 31.9 Å². The van der Waals surface area contributed by atoms with E-state index in [2.05, 4.69) is 53.0 Å². The molecular formula is C32H32Br2N4O8. The normalized spacial score (nSPS) is 14.3. The highest BCUT2D eigenvalue weighted by atomic mass is 79.9. The first-order valence-corrected chi connectivity index (χ1v) is 15.5. The van der Waals surface area contributed by atoms with E-state index in [1.807, 2.05) is 24.3 Å². The van der Waals surface area contributed by atoms with Gasteiger partial charge in [-0.2, -0.15) is 5.10 Å². The number of hydrogen-bond donors (Lipinski definition) is 3. The molecule has 1 aliphatic heterocycles. The van der Waals surface area contributed by atoms with Crippen molar-refractivity contribution in [1.29, 1.82) is 0 Å². The van der Waals surface area contributed by atoms with Gasteiger partial charge in [-0.1, -0.05) is 34.1 Å². The molecule has 12 nitrogen and oxygen atoms in total. The predicted octanol–water partition coefficient (Wildman–Crippen LogP) is 5.53. The van der Waals surface area contributed by atoms with E-state index in [4.69, 9.17) is 23.7 Å². The van der Waals surface area contributed by atoms with E-state index in [0.29, 0.717) is 45.2 Å². The first kappa shape index (κ1) is 34.3. The van der Waals surface area contributed by atoms with E-state index < -0.39 is 23.9 Å². The van der Waals surface area contributed by atoms with Crippen molar-refractivity contribution in [1.82, 2.24) is 16.1 Å². The first-order chi connectivity index (χ1) is 22.1. The number of hydrazone groups is 1. The molecule has 0 spiro atoms. The molecule has 0 radical (unpaired) electrons. The van der Waals surface area contributed by atoms with Crippen molar-refractivity contribution < 1.29 is 38.1 Å². The van der Waals surface area contributed by atoms with Crippen LogP contribution in [0.1, 0.15) is 36.6 Å². The second-order valence-corrected chi connectivity index (χ2v) is 11.5. The summed E-state index contributed by atoms with van der Waals surface area (Å²) >= 11 is 6.94. The van der Waals surface area contributed by atoms with Gasteiger partial charge in [-0.15, -0.1) is 0 Å². The van der Waals surface area contributed by atoms with Gasteiger partial charge in [0.05, 0.1) is 43.1 Å². The molecule has 0 fully saturated rings. The largest absolute Gasteiger partial charge is 0.493 e. The maximum Gasteiger partial charge on any atom is 0.338 e. The third-order valence-corrected chi connectivity index (χ3v) is 7.71. The number of hydrogen-bond acceptors (Lipinski definition) is 9. The molecule has 0 unspecified atom stereocenters. The quantitative estimate of drug-likeness (QED) is 0.117. The molecule has 1 heterocycles. The Bertz CT molecular complexity index is 1660. The zero-order chi connectivity index (χ0) is 33.2. The zero-order valence-corrected chi connectivity index (χ0v) is 28.6. The molecule has 1 atom stereocenters. The Kier molecular flexibility index (Phi) is 12.0. The van der Waals surface area contributed by atoms with Gasteiger partial charge in [-0.25, -0.2) is 15.0 Å². The smallest absolute Gasteiger partial charge is 0.338 e. The SMILES string of the molecule is CCOC(=O)C1=C(C)NC(=O)N[C@H]1c1ccc(OCC(=O)N/N=C\c2cc(Br)c(OCc3ccc(Br)cc3)c(OC)c2)c(OC)c1. The predicted molar refractivity (Wildman–Crippen MR) is 177 cm³/mol. The van der Waals surface area contributed by atoms with E-state index in [1.165, 1.54) is 20.4 Å². The monoisotopic (exact) mass is 758 g/mol. The molecule has 3 N–H and O–H groups in total. The van der Waals surface area contributed by atoms with Gasteiger partial charge in [0.2, 0.25) is 0 Å². The van der Waals surface area contributed by atoms with Crippen molar-refractivity contribution in [2.24, 2.45) is 5.10 Å². The molecule has 0 saturated carbocycles. The maximum absolute atomic E-state index is 12.6. The fraction of sp³-hybridized carbons (Fsp3) is 0.250. The van der Waals surface area contributed by atoms with Crippen LogP contribution in [0.15, 0.2) is 79.9 Å². The fourth-order valence-corrected chi connectivity index (χ4v) is 5.29. The van der Waals surface area contributed by atoms with Crippen LogP contribution in [0.25, 0.3) is 0 Å². The summed E-state index contributed by atoms with van der Waals surface area (Å²) in [4.78, 5) is 37.3. The van der Waals surface area contributed by atoms with Gasteiger partial charge >= 0.3 is 12.0 Å². The minimum absolute atomic E-state index is 0.180. The highest BCUT2D eigenvalue weighted by molar-refractivity contribution is 9.10. The summed E-state index contributed by atoms with van der Waals surface area (Å²) in [6.45, 7) is 3.49. The molecule has 0 aromatic heterocycles. The van der Waals surface area contributed by atoms with Crippen LogP contribution in [-0.2, 0) is 20.9 Å². The van der Waals surface area contributed by atoms with Crippen molar-refractivity contribution in [2.45, 2.75) is 26.5 Å². The number of urea groups is 1. The lowest BCUT2D eigenvalue weighted by atomic mass is 9.95. The Balaban J connectivity index is 1.37. The topological polar surface area (TPSA) is 146 Å². The molecule has 1 aliphatic rings. The highest BCUT2D eigenvalue weighted by Gasteiger charge is 2.32. The van der Waals surface area contributed by atoms with Crippen molar-refractivity contribution in [3.63, 3.8) is 0 Å². The molecule has 0 aliphatic carbocycles. The molecule has 0 bridgehead atoms. The van der Waals surface area contributed by atoms with Gasteiger partial charge in [0.1, 0.15) is 6.61 Å². The van der Waals surface area contributed by atoms with Crippen molar-refractivity contribution in [2.75, 3.05) is 27.4 Å². The number of carbonyl (C=O) groups excluding carboxylic acids is 3. The summed E-state index contributed by atoms with van der Waals surface area (Å²) in [7, 11) is 2.97. The molecule has 4 rings (SSSR count). The number of nitrogens with zero attached hydrogens (tertiary/aromatic N) is 1. The second kappa shape index (κ2) is 16.1. The number of carbonyl (C=O) groups is 3. The standard InChI is InChI=1S/C32H32Br2N4O8/c1-5-44-31(40)28-18(2)36-32(41)37-29(28)21-8-11-24(25(14-21)42-3)45-17-27(39)38-35-15-20-12-23(34)30(26(13-20)43-4)46-16-19-6-9-22(33)10-7-19/h6-15,29H,5,16-17H2,1-4H3,(H,38,39)(H2,36,37,41)/b35-15-/t29-/m0/s1. The molecule has 3 aromatic rings. The van der Waals surface area contributed by atoms with Crippen LogP contribution in [0.4, 0.5) is 4.79 Å². The molecule has 3 amide bonds. The zero-order valence-electron chi connectivity index (χ0n) is 25.4. The summed E-state index contributed by atoms with van der Waals surface area (Å²) in [5, 5.41) is 9.35. The summed E-state index contributed by atoms with van der Waals surface area (Å²) in [6.07, 6.45) is 1.46. The average Bonchev–Trinajstić information content (AvgIpc) is 3.03. The van der Waals surface area contributed by atoms with Gasteiger partial charge in [-0.3, -0.25) is 4.79 Å². The van der Waals surface area contributed by atoms with Gasteiger partial charge in [0.15, 0.2) is 29.6 Å². The summed E-state index contributed by atoms with van der Waals surface area (Å²) in [5.74, 6) is 0.517. The maximum atomic E-state index is 12.6. The van der Waals surface area contributed by atoms with Crippen LogP contribution in [0, 0.1) is 0 Å². The third-order valence-electron chi connectivity index (χ3n) is 6.60. The number of methoxy groups -OCH3 is 2. The van der Waals surface area contributed by atoms with E-state index >= 15 is 0 Å². The van der Waals surface area contributed by atoms with Crippen molar-refractivity contribution in [3.8, 4) is 23.0 Å². The number of rotatable bonds is 13. The lowest BCUT2D eigenvalue weighted by Crippen LogP contribution is -2.45. The number of amides is 3. The van der Waals surface area contributed by atoms with Crippen LogP contribution in [0.3, 0.4) is 0 Å². The van der Waals surface area contributed by atoms with Crippen LogP contribution in [0.2, 0.25) is 0 Å². The number of halogens is 2. The summed E-state index contributed by atoms with van der Waals surface area (Å²) < 4.78 is 29.4. The number of allylic oxidation sites excluding steroid dienone is 1. The number of benzene rings is 3. The Hall–Kier alpha value is -4.56. The molecule has 14 heteroatoms. The van der Waals surface area contributed by atoms with Crippen LogP contribution in [0.5, 0.6) is 23.0 Å². The lowest BCUT2D eigenvalue weighted by Gasteiger charge is -2.28. The molecule has 242 valence electrons.